The normalized spacial score (nSPS) is 11.6. The number of thioether (sulfide) groups is 1. The summed E-state index contributed by atoms with van der Waals surface area (Å²) < 4.78 is 0. The van der Waals surface area contributed by atoms with Crippen LogP contribution in [0.15, 0.2) is 48.5 Å². The van der Waals surface area contributed by atoms with Crippen molar-refractivity contribution in [3.8, 4) is 0 Å². The van der Waals surface area contributed by atoms with Crippen molar-refractivity contribution >= 4 is 46.6 Å². The summed E-state index contributed by atoms with van der Waals surface area (Å²) in [7, 11) is 3.91. The van der Waals surface area contributed by atoms with Gasteiger partial charge >= 0.3 is 0 Å². The lowest BCUT2D eigenvalue weighted by Gasteiger charge is -2.19. The fourth-order valence-electron chi connectivity index (χ4n) is 2.46. The molecule has 0 aliphatic carbocycles. The van der Waals surface area contributed by atoms with Crippen molar-refractivity contribution in [2.45, 2.75) is 12.5 Å². The lowest BCUT2D eigenvalue weighted by atomic mass is 10.1. The molecule has 27 heavy (non-hydrogen) atoms. The van der Waals surface area contributed by atoms with Crippen LogP contribution in [0.25, 0.3) is 0 Å². The van der Waals surface area contributed by atoms with Gasteiger partial charge in [0.2, 0.25) is 5.91 Å². The van der Waals surface area contributed by atoms with E-state index in [1.54, 1.807) is 36.0 Å². The van der Waals surface area contributed by atoms with E-state index in [0.29, 0.717) is 22.7 Å². The third-order valence-electron chi connectivity index (χ3n) is 4.00. The predicted molar refractivity (Wildman–Crippen MR) is 115 cm³/mol. The van der Waals surface area contributed by atoms with E-state index >= 15 is 0 Å². The van der Waals surface area contributed by atoms with Crippen molar-refractivity contribution in [3.05, 3.63) is 59.1 Å². The first-order valence-corrected chi connectivity index (χ1v) is 10.3. The molecular formula is C20H24ClN3O2S. The van der Waals surface area contributed by atoms with Crippen molar-refractivity contribution in [3.63, 3.8) is 0 Å². The fourth-order valence-corrected chi connectivity index (χ4v) is 3.15. The molecule has 0 bridgehead atoms. The molecule has 0 aromatic heterocycles. The molecule has 2 aromatic rings. The van der Waals surface area contributed by atoms with Crippen molar-refractivity contribution < 1.29 is 9.59 Å². The van der Waals surface area contributed by atoms with E-state index in [1.165, 1.54) is 0 Å². The summed E-state index contributed by atoms with van der Waals surface area (Å²) in [5.41, 5.74) is 2.09. The summed E-state index contributed by atoms with van der Waals surface area (Å²) in [6, 6.07) is 13.7. The molecule has 2 rings (SSSR count). The highest BCUT2D eigenvalue weighted by Crippen LogP contribution is 2.17. The summed E-state index contributed by atoms with van der Waals surface area (Å²) in [6.07, 6.45) is 2.49. The second-order valence-electron chi connectivity index (χ2n) is 6.22. The Morgan fingerprint density at radius 1 is 1.11 bits per heavy atom. The van der Waals surface area contributed by atoms with Gasteiger partial charge in [-0.3, -0.25) is 9.59 Å². The Morgan fingerprint density at radius 3 is 2.37 bits per heavy atom. The molecule has 0 aliphatic rings. The summed E-state index contributed by atoms with van der Waals surface area (Å²) in [4.78, 5) is 27.2. The van der Waals surface area contributed by atoms with Gasteiger partial charge < -0.3 is 15.5 Å². The van der Waals surface area contributed by atoms with E-state index in [0.717, 1.165) is 11.4 Å². The molecule has 0 saturated heterocycles. The first-order valence-electron chi connectivity index (χ1n) is 8.55. The van der Waals surface area contributed by atoms with E-state index in [9.17, 15) is 9.59 Å². The highest BCUT2D eigenvalue weighted by atomic mass is 35.5. The zero-order valence-electron chi connectivity index (χ0n) is 15.7. The molecule has 144 valence electrons. The third kappa shape index (κ3) is 6.19. The first-order chi connectivity index (χ1) is 12.9. The van der Waals surface area contributed by atoms with Crippen LogP contribution in [0.4, 0.5) is 11.4 Å². The van der Waals surface area contributed by atoms with Crippen LogP contribution in [-0.4, -0.2) is 44.0 Å². The average molecular weight is 406 g/mol. The Kier molecular flexibility index (Phi) is 8.00. The van der Waals surface area contributed by atoms with Gasteiger partial charge in [-0.15, -0.1) is 0 Å². The molecule has 7 heteroatoms. The number of nitrogens with zero attached hydrogens (tertiary/aromatic N) is 1. The van der Waals surface area contributed by atoms with Gasteiger partial charge in [0, 0.05) is 25.5 Å². The quantitative estimate of drug-likeness (QED) is 0.699. The minimum atomic E-state index is -0.644. The first kappa shape index (κ1) is 21.1. The number of carbonyl (C=O) groups excluding carboxylic acids is 2. The zero-order chi connectivity index (χ0) is 19.8. The molecule has 0 aliphatic heterocycles. The van der Waals surface area contributed by atoms with Gasteiger partial charge in [-0.05, 0) is 54.8 Å². The van der Waals surface area contributed by atoms with E-state index in [1.807, 2.05) is 49.5 Å². The number of nitrogens with one attached hydrogen (secondary N) is 2. The van der Waals surface area contributed by atoms with Crippen LogP contribution in [-0.2, 0) is 4.79 Å². The van der Waals surface area contributed by atoms with Gasteiger partial charge in [-0.25, -0.2) is 0 Å². The van der Waals surface area contributed by atoms with Crippen LogP contribution in [0.5, 0.6) is 0 Å². The molecule has 2 aromatic carbocycles. The number of hydrogen-bond donors (Lipinski definition) is 2. The van der Waals surface area contributed by atoms with E-state index in [2.05, 4.69) is 10.6 Å². The predicted octanol–water partition coefficient (Wildman–Crippen LogP) is 3.90. The minimum absolute atomic E-state index is 0.248. The van der Waals surface area contributed by atoms with Gasteiger partial charge in [-0.2, -0.15) is 11.8 Å². The molecule has 0 fully saturated rings. The molecule has 0 saturated carbocycles. The molecule has 1 unspecified atom stereocenters. The van der Waals surface area contributed by atoms with Gasteiger partial charge in [0.25, 0.3) is 5.91 Å². The molecule has 1 atom stereocenters. The molecule has 0 heterocycles. The smallest absolute Gasteiger partial charge is 0.253 e. The maximum Gasteiger partial charge on any atom is 0.253 e. The SMILES string of the molecule is CSCCC(NC(=O)c1ccccc1Cl)C(=O)Nc1ccc(N(C)C)cc1. The Labute approximate surface area is 169 Å². The number of anilines is 2. The van der Waals surface area contributed by atoms with Crippen LogP contribution in [0.2, 0.25) is 5.02 Å². The van der Waals surface area contributed by atoms with E-state index < -0.39 is 6.04 Å². The Balaban J connectivity index is 2.08. The number of halogens is 1. The highest BCUT2D eigenvalue weighted by Gasteiger charge is 2.22. The summed E-state index contributed by atoms with van der Waals surface area (Å²) >= 11 is 7.71. The molecule has 2 N–H and O–H groups in total. The minimum Gasteiger partial charge on any atom is -0.378 e. The number of hydrogen-bond acceptors (Lipinski definition) is 4. The van der Waals surface area contributed by atoms with Crippen LogP contribution in [0, 0.1) is 0 Å². The molecule has 0 radical (unpaired) electrons. The number of carbonyl (C=O) groups is 2. The molecular weight excluding hydrogens is 382 g/mol. The summed E-state index contributed by atoms with van der Waals surface area (Å²) in [6.45, 7) is 0. The second kappa shape index (κ2) is 10.2. The number of benzene rings is 2. The summed E-state index contributed by atoms with van der Waals surface area (Å²) in [5, 5.41) is 6.04. The monoisotopic (exact) mass is 405 g/mol. The van der Waals surface area contributed by atoms with Crippen LogP contribution < -0.4 is 15.5 Å². The maximum absolute atomic E-state index is 12.7. The lowest BCUT2D eigenvalue weighted by Crippen LogP contribution is -2.44. The molecule has 5 nitrogen and oxygen atoms in total. The van der Waals surface area contributed by atoms with Gasteiger partial charge in [-0.1, -0.05) is 23.7 Å². The van der Waals surface area contributed by atoms with Crippen LogP contribution >= 0.6 is 23.4 Å². The van der Waals surface area contributed by atoms with Crippen LogP contribution in [0.1, 0.15) is 16.8 Å². The summed E-state index contributed by atoms with van der Waals surface area (Å²) in [5.74, 6) is 0.146. The van der Waals surface area contributed by atoms with Gasteiger partial charge in [0.05, 0.1) is 10.6 Å². The zero-order valence-corrected chi connectivity index (χ0v) is 17.2. The Bertz CT molecular complexity index is 781. The van der Waals surface area contributed by atoms with E-state index in [4.69, 9.17) is 11.6 Å². The topological polar surface area (TPSA) is 61.4 Å². The van der Waals surface area contributed by atoms with Gasteiger partial charge in [0.1, 0.15) is 6.04 Å². The van der Waals surface area contributed by atoms with Crippen molar-refractivity contribution in [1.29, 1.82) is 0 Å². The average Bonchev–Trinajstić information content (AvgIpc) is 2.65. The maximum atomic E-state index is 12.7. The van der Waals surface area contributed by atoms with Crippen molar-refractivity contribution in [2.75, 3.05) is 36.3 Å². The second-order valence-corrected chi connectivity index (χ2v) is 7.61. The lowest BCUT2D eigenvalue weighted by molar-refractivity contribution is -0.118. The van der Waals surface area contributed by atoms with Gasteiger partial charge in [0.15, 0.2) is 0 Å². The molecule has 2 amide bonds. The fraction of sp³-hybridized carbons (Fsp3) is 0.300. The number of rotatable bonds is 8. The Hall–Kier alpha value is -2.18. The van der Waals surface area contributed by atoms with Crippen molar-refractivity contribution in [2.24, 2.45) is 0 Å². The Morgan fingerprint density at radius 2 is 1.78 bits per heavy atom. The standard InChI is InChI=1S/C20H24ClN3O2S/c1-24(2)15-10-8-14(9-11-15)22-20(26)18(12-13-27-3)23-19(25)16-6-4-5-7-17(16)21/h4-11,18H,12-13H2,1-3H3,(H,22,26)(H,23,25). The largest absolute Gasteiger partial charge is 0.378 e. The third-order valence-corrected chi connectivity index (χ3v) is 4.98. The highest BCUT2D eigenvalue weighted by molar-refractivity contribution is 7.98. The molecule has 0 spiro atoms. The number of amides is 2. The van der Waals surface area contributed by atoms with Crippen LogP contribution in [0.3, 0.4) is 0 Å². The van der Waals surface area contributed by atoms with Crippen molar-refractivity contribution in [1.82, 2.24) is 5.32 Å². The van der Waals surface area contributed by atoms with E-state index in [-0.39, 0.29) is 11.8 Å².